The summed E-state index contributed by atoms with van der Waals surface area (Å²) < 4.78 is 19.1. The van der Waals surface area contributed by atoms with Gasteiger partial charge in [0.2, 0.25) is 0 Å². The number of fused-ring (bicyclic) bond motifs is 1. The van der Waals surface area contributed by atoms with Crippen LogP contribution in [0.15, 0.2) is 36.4 Å². The number of rotatable bonds is 5. The molecule has 1 atom stereocenters. The Morgan fingerprint density at radius 3 is 2.64 bits per heavy atom. The van der Waals surface area contributed by atoms with Crippen LogP contribution in [-0.4, -0.2) is 43.7 Å². The fourth-order valence-corrected chi connectivity index (χ4v) is 3.07. The Labute approximate surface area is 146 Å². The summed E-state index contributed by atoms with van der Waals surface area (Å²) in [6.45, 7) is 0.821. The van der Waals surface area contributed by atoms with Gasteiger partial charge < -0.3 is 20.1 Å². The molecule has 0 aliphatic carbocycles. The smallest absolute Gasteiger partial charge is 0.266 e. The van der Waals surface area contributed by atoms with Crippen molar-refractivity contribution in [2.45, 2.75) is 12.0 Å². The number of ether oxygens (including phenoxy) is 1. The molecular weight excluding hydrogens is 323 g/mol. The Morgan fingerprint density at radius 2 is 1.96 bits per heavy atom. The van der Waals surface area contributed by atoms with Gasteiger partial charge in [-0.15, -0.1) is 0 Å². The third-order valence-corrected chi connectivity index (χ3v) is 4.45. The van der Waals surface area contributed by atoms with Crippen LogP contribution < -0.4 is 10.1 Å². The van der Waals surface area contributed by atoms with Gasteiger partial charge in [0.15, 0.2) is 5.60 Å². The fourth-order valence-electron chi connectivity index (χ4n) is 3.07. The first-order valence-electron chi connectivity index (χ1n) is 8.02. The van der Waals surface area contributed by atoms with E-state index in [1.54, 1.807) is 12.1 Å². The number of likely N-dealkylation sites (N-methyl/N-ethyl adjacent to an activating group) is 1. The fraction of sp³-hybridized carbons (Fsp3) is 0.316. The van der Waals surface area contributed by atoms with Crippen molar-refractivity contribution < 1.29 is 19.0 Å². The van der Waals surface area contributed by atoms with Gasteiger partial charge in [-0.3, -0.25) is 4.79 Å². The largest absolute Gasteiger partial charge is 0.496 e. The number of carbonyl (C=O) groups is 1. The Hall–Kier alpha value is -2.44. The van der Waals surface area contributed by atoms with E-state index in [9.17, 15) is 14.3 Å². The molecule has 5 nitrogen and oxygen atoms in total. The van der Waals surface area contributed by atoms with Crippen molar-refractivity contribution in [3.05, 3.63) is 58.9 Å². The molecule has 3 rings (SSSR count). The summed E-state index contributed by atoms with van der Waals surface area (Å²) in [5, 5.41) is 13.9. The van der Waals surface area contributed by atoms with Crippen molar-refractivity contribution in [2.75, 3.05) is 33.1 Å². The molecule has 1 aliphatic rings. The summed E-state index contributed by atoms with van der Waals surface area (Å²) in [5.41, 5.74) is -0.129. The summed E-state index contributed by atoms with van der Waals surface area (Å²) >= 11 is 0. The number of amides is 1. The summed E-state index contributed by atoms with van der Waals surface area (Å²) in [6.07, 6.45) is 0.748. The van der Waals surface area contributed by atoms with Crippen LogP contribution in [-0.2, 0) is 16.8 Å². The summed E-state index contributed by atoms with van der Waals surface area (Å²) in [7, 11) is 5.42. The highest BCUT2D eigenvalue weighted by molar-refractivity contribution is 6.07. The van der Waals surface area contributed by atoms with E-state index in [0.29, 0.717) is 17.0 Å². The lowest BCUT2D eigenvalue weighted by molar-refractivity contribution is -0.129. The molecule has 0 fully saturated rings. The van der Waals surface area contributed by atoms with Crippen LogP contribution in [0.2, 0.25) is 0 Å². The SMILES string of the molecule is COc1ccc(CCN(C)C)cc1C1(O)C(=O)Nc2ccc(F)cc21. The summed E-state index contributed by atoms with van der Waals surface area (Å²) in [5.74, 6) is -0.754. The highest BCUT2D eigenvalue weighted by Gasteiger charge is 2.48. The van der Waals surface area contributed by atoms with Crippen molar-refractivity contribution in [3.8, 4) is 5.75 Å². The molecule has 2 aromatic carbocycles. The first-order valence-corrected chi connectivity index (χ1v) is 8.02. The van der Waals surface area contributed by atoms with Gasteiger partial charge in [-0.1, -0.05) is 6.07 Å². The normalized spacial score (nSPS) is 19.0. The highest BCUT2D eigenvalue weighted by atomic mass is 19.1. The standard InChI is InChI=1S/C19H21FN2O3/c1-22(2)9-8-12-4-7-17(25-3)15(10-12)19(24)14-11-13(20)5-6-16(14)21-18(19)23/h4-7,10-11,24H,8-9H2,1-3H3,(H,21,23). The van der Waals surface area contributed by atoms with Gasteiger partial charge in [-0.05, 0) is 56.4 Å². The highest BCUT2D eigenvalue weighted by Crippen LogP contribution is 2.44. The van der Waals surface area contributed by atoms with E-state index in [1.807, 2.05) is 25.1 Å². The van der Waals surface area contributed by atoms with Crippen LogP contribution in [0.1, 0.15) is 16.7 Å². The lowest BCUT2D eigenvalue weighted by Crippen LogP contribution is -2.36. The molecule has 132 valence electrons. The van der Waals surface area contributed by atoms with Crippen LogP contribution in [0.5, 0.6) is 5.75 Å². The summed E-state index contributed by atoms with van der Waals surface area (Å²) in [4.78, 5) is 14.6. The third kappa shape index (κ3) is 2.99. The molecule has 1 amide bonds. The lowest BCUT2D eigenvalue weighted by Gasteiger charge is -2.24. The number of aliphatic hydroxyl groups is 1. The quantitative estimate of drug-likeness (QED) is 0.872. The van der Waals surface area contributed by atoms with Crippen molar-refractivity contribution in [2.24, 2.45) is 0 Å². The monoisotopic (exact) mass is 344 g/mol. The number of hydrogen-bond acceptors (Lipinski definition) is 4. The van der Waals surface area contributed by atoms with Crippen molar-refractivity contribution in [1.29, 1.82) is 0 Å². The number of benzene rings is 2. The van der Waals surface area contributed by atoms with E-state index in [2.05, 4.69) is 5.32 Å². The molecule has 0 spiro atoms. The van der Waals surface area contributed by atoms with Crippen LogP contribution in [0.4, 0.5) is 10.1 Å². The van der Waals surface area contributed by atoms with Gasteiger partial charge in [0.1, 0.15) is 11.6 Å². The number of halogens is 1. The van der Waals surface area contributed by atoms with Gasteiger partial charge in [0, 0.05) is 23.4 Å². The number of carbonyl (C=O) groups excluding carboxylic acids is 1. The summed E-state index contributed by atoms with van der Waals surface area (Å²) in [6, 6.07) is 9.25. The maximum Gasteiger partial charge on any atom is 0.266 e. The Morgan fingerprint density at radius 1 is 1.20 bits per heavy atom. The minimum atomic E-state index is -1.99. The van der Waals surface area contributed by atoms with E-state index in [0.717, 1.165) is 18.5 Å². The van der Waals surface area contributed by atoms with Crippen LogP contribution in [0, 0.1) is 5.82 Å². The second kappa shape index (κ2) is 6.46. The van der Waals surface area contributed by atoms with Gasteiger partial charge in [0.25, 0.3) is 5.91 Å². The second-order valence-corrected chi connectivity index (χ2v) is 6.44. The molecule has 0 saturated heterocycles. The number of hydrogen-bond donors (Lipinski definition) is 2. The van der Waals surface area contributed by atoms with Crippen LogP contribution in [0.3, 0.4) is 0 Å². The van der Waals surface area contributed by atoms with Gasteiger partial charge >= 0.3 is 0 Å². The average Bonchev–Trinajstić information content (AvgIpc) is 2.84. The zero-order chi connectivity index (χ0) is 18.2. The Kier molecular flexibility index (Phi) is 4.49. The van der Waals surface area contributed by atoms with Crippen molar-refractivity contribution in [1.82, 2.24) is 4.90 Å². The van der Waals surface area contributed by atoms with E-state index in [1.165, 1.54) is 25.3 Å². The number of nitrogens with zero attached hydrogens (tertiary/aromatic N) is 1. The van der Waals surface area contributed by atoms with E-state index in [-0.39, 0.29) is 5.56 Å². The number of nitrogens with one attached hydrogen (secondary N) is 1. The Bertz CT molecular complexity index is 822. The Balaban J connectivity index is 2.12. The van der Waals surface area contributed by atoms with E-state index < -0.39 is 17.3 Å². The van der Waals surface area contributed by atoms with E-state index in [4.69, 9.17) is 4.74 Å². The molecule has 1 unspecified atom stereocenters. The molecule has 0 bridgehead atoms. The maximum absolute atomic E-state index is 13.7. The van der Waals surface area contributed by atoms with Crippen molar-refractivity contribution in [3.63, 3.8) is 0 Å². The zero-order valence-electron chi connectivity index (χ0n) is 14.5. The zero-order valence-corrected chi connectivity index (χ0v) is 14.5. The minimum absolute atomic E-state index is 0.195. The van der Waals surface area contributed by atoms with Crippen molar-refractivity contribution >= 4 is 11.6 Å². The van der Waals surface area contributed by atoms with Gasteiger partial charge in [-0.25, -0.2) is 4.39 Å². The maximum atomic E-state index is 13.7. The molecule has 25 heavy (non-hydrogen) atoms. The predicted molar refractivity (Wildman–Crippen MR) is 93.3 cm³/mol. The van der Waals surface area contributed by atoms with Crippen LogP contribution >= 0.6 is 0 Å². The lowest BCUT2D eigenvalue weighted by atomic mass is 9.85. The topological polar surface area (TPSA) is 61.8 Å². The number of anilines is 1. The minimum Gasteiger partial charge on any atom is -0.496 e. The molecule has 0 saturated carbocycles. The first kappa shape index (κ1) is 17.4. The third-order valence-electron chi connectivity index (χ3n) is 4.45. The average molecular weight is 344 g/mol. The molecule has 0 radical (unpaired) electrons. The molecule has 2 N–H and O–H groups in total. The number of methoxy groups -OCH3 is 1. The predicted octanol–water partition coefficient (Wildman–Crippen LogP) is 2.13. The molecule has 0 aromatic heterocycles. The van der Waals surface area contributed by atoms with Gasteiger partial charge in [-0.2, -0.15) is 0 Å². The molecule has 1 heterocycles. The second-order valence-electron chi connectivity index (χ2n) is 6.44. The van der Waals surface area contributed by atoms with E-state index >= 15 is 0 Å². The van der Waals surface area contributed by atoms with Crippen LogP contribution in [0.25, 0.3) is 0 Å². The molecule has 2 aromatic rings. The van der Waals surface area contributed by atoms with Gasteiger partial charge in [0.05, 0.1) is 7.11 Å². The molecule has 1 aliphatic heterocycles. The molecular formula is C19H21FN2O3. The first-order chi connectivity index (χ1) is 11.9. The molecule has 6 heteroatoms.